The van der Waals surface area contributed by atoms with Gasteiger partial charge in [-0.25, -0.2) is 0 Å². The van der Waals surface area contributed by atoms with Gasteiger partial charge >= 0.3 is 5.97 Å². The topological polar surface area (TPSA) is 78.8 Å². The molecule has 0 radical (unpaired) electrons. The third kappa shape index (κ3) is 8.07. The van der Waals surface area contributed by atoms with Gasteiger partial charge in [0.2, 0.25) is 0 Å². The lowest BCUT2D eigenvalue weighted by Gasteiger charge is -2.30. The van der Waals surface area contributed by atoms with Crippen LogP contribution in [0.25, 0.3) is 0 Å². The van der Waals surface area contributed by atoms with Crippen molar-refractivity contribution in [1.29, 1.82) is 0 Å². The number of β-amino-alcohol motifs (C(OH)–C–C–N with tert-alkyl or cyclic N) is 1. The Kier molecular flexibility index (Phi) is 10.0. The highest BCUT2D eigenvalue weighted by molar-refractivity contribution is 9.10. The third-order valence-electron chi connectivity index (χ3n) is 5.81. The molecule has 0 amide bonds. The molecule has 2 aromatic carbocycles. The van der Waals surface area contributed by atoms with Crippen molar-refractivity contribution in [1.82, 2.24) is 5.32 Å². The molecule has 5 nitrogen and oxygen atoms in total. The van der Waals surface area contributed by atoms with Crippen molar-refractivity contribution in [3.63, 3.8) is 0 Å². The summed E-state index contributed by atoms with van der Waals surface area (Å²) in [4.78, 5) is 10.8. The molecule has 0 aliphatic heterocycles. The Labute approximate surface area is 205 Å². The van der Waals surface area contributed by atoms with Crippen molar-refractivity contribution < 1.29 is 19.7 Å². The van der Waals surface area contributed by atoms with E-state index < -0.39 is 12.1 Å². The zero-order valence-corrected chi connectivity index (χ0v) is 21.0. The van der Waals surface area contributed by atoms with Gasteiger partial charge in [0, 0.05) is 18.5 Å². The third-order valence-corrected chi connectivity index (χ3v) is 6.46. The Morgan fingerprint density at radius 1 is 1.22 bits per heavy atom. The molecular weight excluding hydrogens is 494 g/mol. The van der Waals surface area contributed by atoms with Crippen LogP contribution in [0.2, 0.25) is 0 Å². The van der Waals surface area contributed by atoms with E-state index in [4.69, 9.17) is 9.84 Å². The minimum atomic E-state index is -0.823. The summed E-state index contributed by atoms with van der Waals surface area (Å²) in [5.74, 6) is 0.415. The first-order chi connectivity index (χ1) is 14.7. The molecule has 7 heteroatoms. The van der Waals surface area contributed by atoms with E-state index in [9.17, 15) is 9.90 Å². The van der Waals surface area contributed by atoms with Gasteiger partial charge in [-0.15, -0.1) is 12.4 Å². The van der Waals surface area contributed by atoms with Crippen LogP contribution in [-0.2, 0) is 24.1 Å². The minimum absolute atomic E-state index is 0. The maximum atomic E-state index is 10.8. The fraction of sp³-hybridized carbons (Fsp3) is 0.480. The van der Waals surface area contributed by atoms with E-state index in [2.05, 4.69) is 59.4 Å². The Morgan fingerprint density at radius 2 is 1.88 bits per heavy atom. The zero-order chi connectivity index (χ0) is 22.4. The van der Waals surface area contributed by atoms with Gasteiger partial charge in [-0.1, -0.05) is 30.3 Å². The van der Waals surface area contributed by atoms with Crippen LogP contribution in [0.5, 0.6) is 5.75 Å². The molecule has 1 aliphatic rings. The molecule has 0 heterocycles. The molecule has 1 aliphatic carbocycles. The second-order valence-corrected chi connectivity index (χ2v) is 9.99. The number of carboxylic acid groups (broad SMARTS) is 1. The van der Waals surface area contributed by atoms with Crippen molar-refractivity contribution >= 4 is 34.3 Å². The van der Waals surface area contributed by atoms with Crippen molar-refractivity contribution in [2.24, 2.45) is 5.92 Å². The number of ether oxygens (including phenoxy) is 1. The summed E-state index contributed by atoms with van der Waals surface area (Å²) in [5, 5.41) is 22.8. The number of aliphatic hydroxyl groups excluding tert-OH is 1. The van der Waals surface area contributed by atoms with Crippen LogP contribution in [0.15, 0.2) is 46.9 Å². The van der Waals surface area contributed by atoms with Gasteiger partial charge < -0.3 is 20.3 Å². The smallest absolute Gasteiger partial charge is 0.303 e. The summed E-state index contributed by atoms with van der Waals surface area (Å²) in [6.45, 7) is 4.99. The molecule has 1 atom stereocenters. The number of carbonyl (C=O) groups is 1. The second kappa shape index (κ2) is 12.0. The molecule has 0 spiro atoms. The molecule has 0 aromatic heterocycles. The first-order valence-corrected chi connectivity index (χ1v) is 11.6. The highest BCUT2D eigenvalue weighted by Crippen LogP contribution is 2.32. The summed E-state index contributed by atoms with van der Waals surface area (Å²) in [6, 6.07) is 14.2. The number of aliphatic hydroxyl groups is 1. The number of carboxylic acids is 1. The fourth-order valence-electron chi connectivity index (χ4n) is 4.29. The molecule has 2 aromatic rings. The van der Waals surface area contributed by atoms with Crippen LogP contribution in [0.1, 0.15) is 43.4 Å². The van der Waals surface area contributed by atoms with Crippen molar-refractivity contribution in [2.45, 2.75) is 57.6 Å². The predicted octanol–water partition coefficient (Wildman–Crippen LogP) is 4.80. The number of halogens is 2. The van der Waals surface area contributed by atoms with E-state index in [0.717, 1.165) is 29.3 Å². The van der Waals surface area contributed by atoms with Crippen LogP contribution in [0.4, 0.5) is 0 Å². The molecule has 1 unspecified atom stereocenters. The van der Waals surface area contributed by atoms with Gasteiger partial charge in [0.15, 0.2) is 0 Å². The number of rotatable bonds is 11. The summed E-state index contributed by atoms with van der Waals surface area (Å²) >= 11 is 3.45. The van der Waals surface area contributed by atoms with Gasteiger partial charge in [-0.3, -0.25) is 4.79 Å². The number of aryl methyl sites for hydroxylation is 1. The molecular formula is C25H33BrClNO4. The Morgan fingerprint density at radius 3 is 2.50 bits per heavy atom. The Hall–Kier alpha value is -1.60. The van der Waals surface area contributed by atoms with E-state index in [1.165, 1.54) is 11.1 Å². The van der Waals surface area contributed by atoms with Crippen molar-refractivity contribution in [3.05, 3.63) is 63.6 Å². The number of hydrogen-bond donors (Lipinski definition) is 3. The van der Waals surface area contributed by atoms with Crippen LogP contribution < -0.4 is 10.1 Å². The highest BCUT2D eigenvalue weighted by atomic mass is 79.9. The summed E-state index contributed by atoms with van der Waals surface area (Å²) in [7, 11) is 0. The molecule has 3 N–H and O–H groups in total. The van der Waals surface area contributed by atoms with Gasteiger partial charge in [0.25, 0.3) is 0 Å². The van der Waals surface area contributed by atoms with E-state index in [1.54, 1.807) is 0 Å². The van der Waals surface area contributed by atoms with E-state index in [1.807, 2.05) is 18.2 Å². The normalized spacial score (nSPS) is 14.5. The maximum Gasteiger partial charge on any atom is 0.303 e. The quantitative estimate of drug-likeness (QED) is 0.392. The largest absolute Gasteiger partial charge is 0.490 e. The lowest BCUT2D eigenvalue weighted by Crippen LogP contribution is -2.46. The van der Waals surface area contributed by atoms with Crippen LogP contribution in [0.3, 0.4) is 0 Å². The first kappa shape index (κ1) is 26.7. The van der Waals surface area contributed by atoms with E-state index in [0.29, 0.717) is 24.6 Å². The lowest BCUT2D eigenvalue weighted by molar-refractivity contribution is -0.136. The number of aliphatic carboxylic acids is 1. The van der Waals surface area contributed by atoms with Gasteiger partial charge in [0.1, 0.15) is 18.5 Å². The Balaban J connectivity index is 0.00000363. The summed E-state index contributed by atoms with van der Waals surface area (Å²) in [6.07, 6.45) is 3.18. The molecule has 176 valence electrons. The second-order valence-electron chi connectivity index (χ2n) is 9.14. The SMILES string of the molecule is CC(C)(CC1Cc2ccccc2C1)NCC(O)COc1cc(CCC(=O)O)ccc1Br.Cl. The zero-order valence-electron chi connectivity index (χ0n) is 18.6. The predicted molar refractivity (Wildman–Crippen MR) is 133 cm³/mol. The maximum absolute atomic E-state index is 10.8. The number of fused-ring (bicyclic) bond motifs is 1. The Bertz CT molecular complexity index is 880. The van der Waals surface area contributed by atoms with Crippen molar-refractivity contribution in [2.75, 3.05) is 13.2 Å². The monoisotopic (exact) mass is 525 g/mol. The van der Waals surface area contributed by atoms with E-state index in [-0.39, 0.29) is 31.0 Å². The number of hydrogen-bond acceptors (Lipinski definition) is 4. The van der Waals surface area contributed by atoms with E-state index >= 15 is 0 Å². The summed E-state index contributed by atoms with van der Waals surface area (Å²) < 4.78 is 6.59. The highest BCUT2D eigenvalue weighted by Gasteiger charge is 2.28. The average Bonchev–Trinajstić information content (AvgIpc) is 3.12. The molecule has 0 saturated heterocycles. The summed E-state index contributed by atoms with van der Waals surface area (Å²) in [5.41, 5.74) is 3.75. The molecule has 3 rings (SSSR count). The van der Waals surface area contributed by atoms with Crippen LogP contribution in [0, 0.1) is 5.92 Å². The van der Waals surface area contributed by atoms with Gasteiger partial charge in [0.05, 0.1) is 4.47 Å². The lowest BCUT2D eigenvalue weighted by atomic mass is 9.88. The number of benzene rings is 2. The molecule has 32 heavy (non-hydrogen) atoms. The molecule has 0 bridgehead atoms. The first-order valence-electron chi connectivity index (χ1n) is 10.8. The fourth-order valence-corrected chi connectivity index (χ4v) is 4.65. The standard InChI is InChI=1S/C25H32BrNO4.ClH/c1-25(2,14-18-11-19-5-3-4-6-20(19)12-18)27-15-21(28)16-31-23-13-17(7-9-22(23)26)8-10-24(29)30;/h3-7,9,13,18,21,27-28H,8,10-12,14-16H2,1-2H3,(H,29,30);1H. The minimum Gasteiger partial charge on any atom is -0.490 e. The van der Waals surface area contributed by atoms with Crippen LogP contribution >= 0.6 is 28.3 Å². The average molecular weight is 527 g/mol. The van der Waals surface area contributed by atoms with Crippen LogP contribution in [-0.4, -0.2) is 41.0 Å². The van der Waals surface area contributed by atoms with Gasteiger partial charge in [-0.05, 0) is 90.2 Å². The molecule has 0 fully saturated rings. The van der Waals surface area contributed by atoms with Crippen molar-refractivity contribution in [3.8, 4) is 5.75 Å². The van der Waals surface area contributed by atoms with Gasteiger partial charge in [-0.2, -0.15) is 0 Å². The molecule has 0 saturated carbocycles. The number of nitrogens with one attached hydrogen (secondary N) is 1.